The number of hydrogen-bond acceptors (Lipinski definition) is 2. The number of carbonyl (C=O) groups excluding carboxylic acids is 1. The summed E-state index contributed by atoms with van der Waals surface area (Å²) in [5.74, 6) is 0.682. The Bertz CT molecular complexity index is 751. The first-order valence-electron chi connectivity index (χ1n) is 7.34. The molecule has 0 saturated heterocycles. The van der Waals surface area contributed by atoms with E-state index in [1.54, 1.807) is 6.07 Å². The van der Waals surface area contributed by atoms with Crippen LogP contribution in [0.25, 0.3) is 0 Å². The van der Waals surface area contributed by atoms with Gasteiger partial charge in [-0.2, -0.15) is 13.2 Å². The molecule has 0 aromatic heterocycles. The summed E-state index contributed by atoms with van der Waals surface area (Å²) in [5, 5.41) is 4.66. The Kier molecular flexibility index (Phi) is 6.14. The zero-order valence-corrected chi connectivity index (χ0v) is 14.0. The van der Waals surface area contributed by atoms with Gasteiger partial charge in [0, 0.05) is 11.6 Å². The maximum Gasteiger partial charge on any atom is 0.418 e. The zero-order valence-electron chi connectivity index (χ0n) is 13.3. The molecule has 4 nitrogen and oxygen atoms in total. The molecule has 0 bridgehead atoms. The van der Waals surface area contributed by atoms with Crippen molar-refractivity contribution < 1.29 is 22.7 Å². The molecule has 0 aliphatic heterocycles. The number of methoxy groups -OCH3 is 1. The molecule has 2 rings (SSSR count). The molecule has 0 atom stereocenters. The molecule has 134 valence electrons. The van der Waals surface area contributed by atoms with Gasteiger partial charge in [-0.1, -0.05) is 29.8 Å². The van der Waals surface area contributed by atoms with Gasteiger partial charge in [-0.25, -0.2) is 4.79 Å². The molecule has 2 aromatic carbocycles. The van der Waals surface area contributed by atoms with E-state index in [0.29, 0.717) is 12.2 Å². The lowest BCUT2D eigenvalue weighted by Crippen LogP contribution is -2.31. The highest BCUT2D eigenvalue weighted by Crippen LogP contribution is 2.36. The zero-order chi connectivity index (χ0) is 18.4. The van der Waals surface area contributed by atoms with Gasteiger partial charge in [-0.05, 0) is 36.2 Å². The van der Waals surface area contributed by atoms with Crippen molar-refractivity contribution in [3.8, 4) is 5.75 Å². The molecule has 2 N–H and O–H groups in total. The van der Waals surface area contributed by atoms with Crippen LogP contribution < -0.4 is 15.4 Å². The van der Waals surface area contributed by atoms with E-state index >= 15 is 0 Å². The fourth-order valence-corrected chi connectivity index (χ4v) is 2.42. The second-order valence-electron chi connectivity index (χ2n) is 5.13. The lowest BCUT2D eigenvalue weighted by Gasteiger charge is -2.15. The van der Waals surface area contributed by atoms with Gasteiger partial charge in [0.2, 0.25) is 0 Å². The second kappa shape index (κ2) is 8.11. The van der Waals surface area contributed by atoms with Crippen molar-refractivity contribution >= 4 is 23.3 Å². The van der Waals surface area contributed by atoms with Gasteiger partial charge in [0.25, 0.3) is 0 Å². The number of nitrogens with one attached hydrogen (secondary N) is 2. The maximum absolute atomic E-state index is 13.0. The van der Waals surface area contributed by atoms with Crippen LogP contribution >= 0.6 is 11.6 Å². The summed E-state index contributed by atoms with van der Waals surface area (Å²) < 4.78 is 44.2. The Balaban J connectivity index is 1.97. The number of para-hydroxylation sites is 1. The largest absolute Gasteiger partial charge is 0.496 e. The summed E-state index contributed by atoms with van der Waals surface area (Å²) in [6.45, 7) is 0.237. The summed E-state index contributed by atoms with van der Waals surface area (Å²) in [7, 11) is 1.54. The molecule has 0 unspecified atom stereocenters. The fourth-order valence-electron chi connectivity index (χ4n) is 2.25. The van der Waals surface area contributed by atoms with Crippen molar-refractivity contribution in [3.05, 3.63) is 58.6 Å². The van der Waals surface area contributed by atoms with Crippen LogP contribution in [0.3, 0.4) is 0 Å². The van der Waals surface area contributed by atoms with Crippen molar-refractivity contribution in [2.45, 2.75) is 12.6 Å². The SMILES string of the molecule is COc1ccccc1CCNC(=O)Nc1ccc(Cl)cc1C(F)(F)F. The Labute approximate surface area is 147 Å². The number of rotatable bonds is 5. The van der Waals surface area contributed by atoms with Gasteiger partial charge in [-0.3, -0.25) is 0 Å². The van der Waals surface area contributed by atoms with E-state index in [1.807, 2.05) is 18.2 Å². The predicted octanol–water partition coefficient (Wildman–Crippen LogP) is 4.73. The minimum Gasteiger partial charge on any atom is -0.496 e. The number of ether oxygens (including phenoxy) is 1. The van der Waals surface area contributed by atoms with Crippen molar-refractivity contribution in [1.29, 1.82) is 0 Å². The topological polar surface area (TPSA) is 50.4 Å². The van der Waals surface area contributed by atoms with Crippen LogP contribution in [0.5, 0.6) is 5.75 Å². The predicted molar refractivity (Wildman–Crippen MR) is 90.2 cm³/mol. The van der Waals surface area contributed by atoms with Crippen molar-refractivity contribution in [2.75, 3.05) is 19.0 Å². The van der Waals surface area contributed by atoms with Crippen LogP contribution in [0.2, 0.25) is 5.02 Å². The Morgan fingerprint density at radius 3 is 2.60 bits per heavy atom. The number of alkyl halides is 3. The molecule has 0 heterocycles. The smallest absolute Gasteiger partial charge is 0.418 e. The molecular weight excluding hydrogens is 357 g/mol. The molecule has 8 heteroatoms. The minimum atomic E-state index is -4.62. The summed E-state index contributed by atoms with van der Waals surface area (Å²) >= 11 is 5.60. The lowest BCUT2D eigenvalue weighted by molar-refractivity contribution is -0.136. The minimum absolute atomic E-state index is 0.0607. The third kappa shape index (κ3) is 5.29. The van der Waals surface area contributed by atoms with Gasteiger partial charge >= 0.3 is 12.2 Å². The maximum atomic E-state index is 13.0. The van der Waals surface area contributed by atoms with Crippen LogP contribution in [-0.4, -0.2) is 19.7 Å². The van der Waals surface area contributed by atoms with E-state index in [2.05, 4.69) is 10.6 Å². The second-order valence-corrected chi connectivity index (χ2v) is 5.57. The third-order valence-electron chi connectivity index (χ3n) is 3.41. The number of benzene rings is 2. The van der Waals surface area contributed by atoms with Crippen LogP contribution in [0.15, 0.2) is 42.5 Å². The number of anilines is 1. The van der Waals surface area contributed by atoms with E-state index < -0.39 is 17.8 Å². The van der Waals surface area contributed by atoms with Crippen LogP contribution in [0.4, 0.5) is 23.7 Å². The highest BCUT2D eigenvalue weighted by atomic mass is 35.5. The van der Waals surface area contributed by atoms with E-state index in [4.69, 9.17) is 16.3 Å². The number of carbonyl (C=O) groups is 1. The first-order valence-corrected chi connectivity index (χ1v) is 7.72. The number of hydrogen-bond donors (Lipinski definition) is 2. The fraction of sp³-hybridized carbons (Fsp3) is 0.235. The average Bonchev–Trinajstić information content (AvgIpc) is 2.56. The van der Waals surface area contributed by atoms with Gasteiger partial charge in [0.1, 0.15) is 5.75 Å². The van der Waals surface area contributed by atoms with Gasteiger partial charge in [-0.15, -0.1) is 0 Å². The Morgan fingerprint density at radius 2 is 1.92 bits per heavy atom. The molecule has 25 heavy (non-hydrogen) atoms. The van der Waals surface area contributed by atoms with Crippen LogP contribution in [-0.2, 0) is 12.6 Å². The molecule has 0 fully saturated rings. The van der Waals surface area contributed by atoms with E-state index in [1.165, 1.54) is 13.2 Å². The molecule has 0 aliphatic rings. The molecular formula is C17H16ClF3N2O2. The normalized spacial score (nSPS) is 11.1. The summed E-state index contributed by atoms with van der Waals surface area (Å²) in [6, 6.07) is 9.72. The third-order valence-corrected chi connectivity index (χ3v) is 3.64. The number of urea groups is 1. The highest BCUT2D eigenvalue weighted by molar-refractivity contribution is 6.30. The van der Waals surface area contributed by atoms with Crippen molar-refractivity contribution in [1.82, 2.24) is 5.32 Å². The van der Waals surface area contributed by atoms with Crippen LogP contribution in [0, 0.1) is 0 Å². The van der Waals surface area contributed by atoms with E-state index in [9.17, 15) is 18.0 Å². The molecule has 0 spiro atoms. The Hall–Kier alpha value is -2.41. The molecule has 2 aromatic rings. The number of amides is 2. The van der Waals surface area contributed by atoms with E-state index in [-0.39, 0.29) is 17.3 Å². The molecule has 0 saturated carbocycles. The van der Waals surface area contributed by atoms with Gasteiger partial charge in [0.15, 0.2) is 0 Å². The quantitative estimate of drug-likeness (QED) is 0.797. The van der Waals surface area contributed by atoms with Crippen molar-refractivity contribution in [3.63, 3.8) is 0 Å². The van der Waals surface area contributed by atoms with Gasteiger partial charge in [0.05, 0.1) is 18.4 Å². The first-order chi connectivity index (χ1) is 11.8. The monoisotopic (exact) mass is 372 g/mol. The first kappa shape index (κ1) is 18.9. The summed E-state index contributed by atoms with van der Waals surface area (Å²) in [5.41, 5.74) is -0.473. The molecule has 0 radical (unpaired) electrons. The highest BCUT2D eigenvalue weighted by Gasteiger charge is 2.34. The summed E-state index contributed by atoms with van der Waals surface area (Å²) in [4.78, 5) is 11.9. The Morgan fingerprint density at radius 1 is 1.20 bits per heavy atom. The van der Waals surface area contributed by atoms with Gasteiger partial charge < -0.3 is 15.4 Å². The lowest BCUT2D eigenvalue weighted by atomic mass is 10.1. The average molecular weight is 373 g/mol. The standard InChI is InChI=1S/C17H16ClF3N2O2/c1-25-15-5-3-2-4-11(15)8-9-22-16(24)23-14-7-6-12(18)10-13(14)17(19,20)21/h2-7,10H,8-9H2,1H3,(H2,22,23,24). The summed E-state index contributed by atoms with van der Waals surface area (Å²) in [6.07, 6.45) is -4.14. The van der Waals surface area contributed by atoms with Crippen molar-refractivity contribution in [2.24, 2.45) is 0 Å². The van der Waals surface area contributed by atoms with E-state index in [0.717, 1.165) is 17.7 Å². The molecule has 2 amide bonds. The number of halogens is 4. The van der Waals surface area contributed by atoms with Crippen LogP contribution in [0.1, 0.15) is 11.1 Å². The molecule has 0 aliphatic carbocycles.